The molecular weight excluding hydrogens is 368 g/mol. The monoisotopic (exact) mass is 394 g/mol. The molecule has 0 saturated heterocycles. The molecule has 7 heteroatoms. The molecule has 0 aliphatic rings. The van der Waals surface area contributed by atoms with Crippen LogP contribution in [0.15, 0.2) is 54.6 Å². The lowest BCUT2D eigenvalue weighted by Crippen LogP contribution is -2.39. The maximum absolute atomic E-state index is 13.3. The quantitative estimate of drug-likeness (QED) is 0.637. The van der Waals surface area contributed by atoms with Gasteiger partial charge in [0.05, 0.1) is 17.6 Å². The van der Waals surface area contributed by atoms with Gasteiger partial charge < -0.3 is 19.5 Å². The van der Waals surface area contributed by atoms with E-state index in [9.17, 15) is 9.59 Å². The first kappa shape index (κ1) is 20.5. The molecule has 152 valence electrons. The Morgan fingerprint density at radius 3 is 2.48 bits per heavy atom. The lowest BCUT2D eigenvalue weighted by atomic mass is 10.2. The number of carbonyl (C=O) groups excluding carboxylic acids is 2. The number of hydrogen-bond acceptors (Lipinski definition) is 4. The van der Waals surface area contributed by atoms with Gasteiger partial charge in [-0.25, -0.2) is 4.98 Å². The molecular formula is C22H26N4O3. The smallest absolute Gasteiger partial charge is 0.247 e. The number of imidazole rings is 1. The van der Waals surface area contributed by atoms with Gasteiger partial charge in [-0.3, -0.25) is 9.59 Å². The zero-order chi connectivity index (χ0) is 20.8. The topological polar surface area (TPSA) is 76.5 Å². The van der Waals surface area contributed by atoms with E-state index in [1.165, 1.54) is 7.11 Å². The molecule has 0 saturated carbocycles. The lowest BCUT2D eigenvalue weighted by Gasteiger charge is -2.27. The highest BCUT2D eigenvalue weighted by atomic mass is 16.5. The number of hydrogen-bond donors (Lipinski definition) is 1. The molecule has 0 aliphatic carbocycles. The van der Waals surface area contributed by atoms with Crippen LogP contribution in [0.5, 0.6) is 0 Å². The number of nitrogens with zero attached hydrogens (tertiary/aromatic N) is 3. The van der Waals surface area contributed by atoms with E-state index in [4.69, 9.17) is 4.74 Å². The molecule has 0 aliphatic heterocycles. The minimum Gasteiger partial charge on any atom is -0.375 e. The highest BCUT2D eigenvalue weighted by molar-refractivity contribution is 5.94. The SMILES string of the molecule is COCC(=O)NCc1nc2ccccc2n1CC(=O)N(c1ccccc1)C(C)C. The van der Waals surface area contributed by atoms with Crippen LogP contribution in [0.1, 0.15) is 19.7 Å². The van der Waals surface area contributed by atoms with Gasteiger partial charge in [-0.2, -0.15) is 0 Å². The number of benzene rings is 2. The van der Waals surface area contributed by atoms with E-state index in [1.807, 2.05) is 73.0 Å². The van der Waals surface area contributed by atoms with Crippen molar-refractivity contribution < 1.29 is 14.3 Å². The Balaban J connectivity index is 1.90. The second-order valence-electron chi connectivity index (χ2n) is 7.01. The maximum atomic E-state index is 13.3. The number of fused-ring (bicyclic) bond motifs is 1. The van der Waals surface area contributed by atoms with Crippen molar-refractivity contribution in [1.29, 1.82) is 0 Å². The van der Waals surface area contributed by atoms with Crippen molar-refractivity contribution in [3.8, 4) is 0 Å². The number of anilines is 1. The Bertz CT molecular complexity index is 982. The Hall–Kier alpha value is -3.19. The fourth-order valence-electron chi connectivity index (χ4n) is 3.33. The summed E-state index contributed by atoms with van der Waals surface area (Å²) < 4.78 is 6.72. The van der Waals surface area contributed by atoms with E-state index in [0.717, 1.165) is 16.7 Å². The third-order valence-corrected chi connectivity index (χ3v) is 4.57. The van der Waals surface area contributed by atoms with E-state index in [0.29, 0.717) is 5.82 Å². The van der Waals surface area contributed by atoms with Gasteiger partial charge in [0, 0.05) is 18.8 Å². The van der Waals surface area contributed by atoms with Gasteiger partial charge in [0.15, 0.2) is 0 Å². The van der Waals surface area contributed by atoms with Crippen LogP contribution in [0, 0.1) is 0 Å². The maximum Gasteiger partial charge on any atom is 0.247 e. The zero-order valence-electron chi connectivity index (χ0n) is 17.0. The molecule has 0 radical (unpaired) electrons. The van der Waals surface area contributed by atoms with Crippen LogP contribution in [0.3, 0.4) is 0 Å². The lowest BCUT2D eigenvalue weighted by molar-refractivity contribution is -0.124. The molecule has 0 bridgehead atoms. The second-order valence-corrected chi connectivity index (χ2v) is 7.01. The molecule has 0 atom stereocenters. The Morgan fingerprint density at radius 2 is 1.79 bits per heavy atom. The average Bonchev–Trinajstić information content (AvgIpc) is 3.05. The third-order valence-electron chi connectivity index (χ3n) is 4.57. The van der Waals surface area contributed by atoms with Crippen LogP contribution >= 0.6 is 0 Å². The summed E-state index contributed by atoms with van der Waals surface area (Å²) in [7, 11) is 1.47. The number of carbonyl (C=O) groups is 2. The van der Waals surface area contributed by atoms with Crippen LogP contribution in [-0.4, -0.2) is 41.1 Å². The van der Waals surface area contributed by atoms with Crippen LogP contribution in [-0.2, 0) is 27.4 Å². The van der Waals surface area contributed by atoms with Crippen LogP contribution in [0.4, 0.5) is 5.69 Å². The van der Waals surface area contributed by atoms with Gasteiger partial charge in [0.2, 0.25) is 11.8 Å². The van der Waals surface area contributed by atoms with Gasteiger partial charge in [-0.15, -0.1) is 0 Å². The summed E-state index contributed by atoms with van der Waals surface area (Å²) in [6.45, 7) is 4.31. The highest BCUT2D eigenvalue weighted by Gasteiger charge is 2.22. The molecule has 1 aromatic heterocycles. The van der Waals surface area contributed by atoms with Crippen molar-refractivity contribution in [1.82, 2.24) is 14.9 Å². The predicted molar refractivity (Wildman–Crippen MR) is 113 cm³/mol. The average molecular weight is 394 g/mol. The van der Waals surface area contributed by atoms with E-state index >= 15 is 0 Å². The van der Waals surface area contributed by atoms with Gasteiger partial charge >= 0.3 is 0 Å². The van der Waals surface area contributed by atoms with E-state index in [1.54, 1.807) is 4.90 Å². The molecule has 2 amide bonds. The first-order valence-corrected chi connectivity index (χ1v) is 9.58. The van der Waals surface area contributed by atoms with E-state index < -0.39 is 0 Å². The molecule has 0 fully saturated rings. The first-order valence-electron chi connectivity index (χ1n) is 9.58. The van der Waals surface area contributed by atoms with E-state index in [-0.39, 0.29) is 37.6 Å². The van der Waals surface area contributed by atoms with Gasteiger partial charge in [-0.05, 0) is 38.1 Å². The standard InChI is InChI=1S/C22H26N4O3/c1-16(2)26(17-9-5-4-6-10-17)22(28)14-25-19-12-8-7-11-18(19)24-20(25)13-23-21(27)15-29-3/h4-12,16H,13-15H2,1-3H3,(H,23,27). The summed E-state index contributed by atoms with van der Waals surface area (Å²) in [5.41, 5.74) is 2.49. The number of nitrogens with one attached hydrogen (secondary N) is 1. The molecule has 2 aromatic carbocycles. The molecule has 0 unspecified atom stereocenters. The molecule has 3 rings (SSSR count). The fourth-order valence-corrected chi connectivity index (χ4v) is 3.33. The van der Waals surface area contributed by atoms with Crippen molar-refractivity contribution in [3.63, 3.8) is 0 Å². The van der Waals surface area contributed by atoms with Crippen LogP contribution < -0.4 is 10.2 Å². The van der Waals surface area contributed by atoms with Crippen molar-refractivity contribution in [2.45, 2.75) is 33.0 Å². The largest absolute Gasteiger partial charge is 0.375 e. The molecule has 1 heterocycles. The molecule has 3 aromatic rings. The summed E-state index contributed by atoms with van der Waals surface area (Å²) >= 11 is 0. The number of para-hydroxylation sites is 3. The van der Waals surface area contributed by atoms with Crippen molar-refractivity contribution in [2.75, 3.05) is 18.6 Å². The van der Waals surface area contributed by atoms with Crippen LogP contribution in [0.2, 0.25) is 0 Å². The van der Waals surface area contributed by atoms with Gasteiger partial charge in [-0.1, -0.05) is 30.3 Å². The summed E-state index contributed by atoms with van der Waals surface area (Å²) in [5, 5.41) is 2.79. The molecule has 7 nitrogen and oxygen atoms in total. The van der Waals surface area contributed by atoms with Crippen molar-refractivity contribution >= 4 is 28.5 Å². The number of rotatable bonds is 8. The predicted octanol–water partition coefficient (Wildman–Crippen LogP) is 2.74. The molecule has 0 spiro atoms. The minimum absolute atomic E-state index is 0.00420. The van der Waals surface area contributed by atoms with Crippen LogP contribution in [0.25, 0.3) is 11.0 Å². The summed E-state index contributed by atoms with van der Waals surface area (Å²) in [6.07, 6.45) is 0. The zero-order valence-corrected chi connectivity index (χ0v) is 17.0. The summed E-state index contributed by atoms with van der Waals surface area (Å²) in [5.74, 6) is 0.352. The normalized spacial score (nSPS) is 11.0. The fraction of sp³-hybridized carbons (Fsp3) is 0.318. The first-order chi connectivity index (χ1) is 14.0. The number of amides is 2. The highest BCUT2D eigenvalue weighted by Crippen LogP contribution is 2.20. The molecule has 1 N–H and O–H groups in total. The van der Waals surface area contributed by atoms with E-state index in [2.05, 4.69) is 10.3 Å². The van der Waals surface area contributed by atoms with Gasteiger partial charge in [0.25, 0.3) is 0 Å². The number of aromatic nitrogens is 2. The van der Waals surface area contributed by atoms with Crippen molar-refractivity contribution in [3.05, 3.63) is 60.4 Å². The summed E-state index contributed by atoms with van der Waals surface area (Å²) in [4.78, 5) is 31.4. The second kappa shape index (κ2) is 9.34. The summed E-state index contributed by atoms with van der Waals surface area (Å²) in [6, 6.07) is 17.3. The number of methoxy groups -OCH3 is 1. The third kappa shape index (κ3) is 4.81. The molecule has 29 heavy (non-hydrogen) atoms. The Morgan fingerprint density at radius 1 is 1.10 bits per heavy atom. The van der Waals surface area contributed by atoms with Crippen molar-refractivity contribution in [2.24, 2.45) is 0 Å². The number of ether oxygens (including phenoxy) is 1. The van der Waals surface area contributed by atoms with Gasteiger partial charge in [0.1, 0.15) is 19.0 Å². The Labute approximate surface area is 170 Å². The minimum atomic E-state index is -0.231. The Kier molecular flexibility index (Phi) is 6.61.